The second-order valence-electron chi connectivity index (χ2n) is 5.00. The molecule has 7 heteroatoms. The predicted molar refractivity (Wildman–Crippen MR) is 93.0 cm³/mol. The zero-order valence-corrected chi connectivity index (χ0v) is 14.7. The van der Waals surface area contributed by atoms with Crippen molar-refractivity contribution >= 4 is 33.5 Å². The third-order valence-electron chi connectivity index (χ3n) is 3.13. The van der Waals surface area contributed by atoms with Crippen LogP contribution in [-0.2, 0) is 4.79 Å². The van der Waals surface area contributed by atoms with Gasteiger partial charge in [0.1, 0.15) is 0 Å². The average molecular weight is 394 g/mol. The maximum absolute atomic E-state index is 12.0. The van der Waals surface area contributed by atoms with E-state index < -0.39 is 5.97 Å². The van der Waals surface area contributed by atoms with Crippen LogP contribution in [0.25, 0.3) is 0 Å². The van der Waals surface area contributed by atoms with Crippen molar-refractivity contribution < 1.29 is 24.2 Å². The lowest BCUT2D eigenvalue weighted by atomic mass is 10.2. The van der Waals surface area contributed by atoms with Gasteiger partial charge in [-0.2, -0.15) is 0 Å². The number of nitrogens with one attached hydrogen (secondary N) is 1. The first-order chi connectivity index (χ1) is 11.4. The number of carboxylic acid groups (broad SMARTS) is 1. The Morgan fingerprint density at radius 2 is 2.00 bits per heavy atom. The van der Waals surface area contributed by atoms with Crippen LogP contribution in [0.5, 0.6) is 11.5 Å². The van der Waals surface area contributed by atoms with Crippen molar-refractivity contribution in [3.05, 3.63) is 52.0 Å². The van der Waals surface area contributed by atoms with Crippen LogP contribution in [-0.4, -0.2) is 30.7 Å². The number of methoxy groups -OCH3 is 1. The first-order valence-electron chi connectivity index (χ1n) is 7.01. The van der Waals surface area contributed by atoms with Gasteiger partial charge >= 0.3 is 5.97 Å². The molecular weight excluding hydrogens is 378 g/mol. The molecule has 0 saturated carbocycles. The lowest BCUT2D eigenvalue weighted by molar-refractivity contribution is -0.118. The lowest BCUT2D eigenvalue weighted by Gasteiger charge is -2.13. The van der Waals surface area contributed by atoms with Gasteiger partial charge in [-0.05, 0) is 52.7 Å². The number of hydrogen-bond donors (Lipinski definition) is 2. The number of carboxylic acids is 1. The van der Waals surface area contributed by atoms with Gasteiger partial charge in [0, 0.05) is 5.69 Å². The number of ether oxygens (including phenoxy) is 2. The van der Waals surface area contributed by atoms with Gasteiger partial charge in [0.2, 0.25) is 0 Å². The van der Waals surface area contributed by atoms with Gasteiger partial charge in [-0.15, -0.1) is 0 Å². The summed E-state index contributed by atoms with van der Waals surface area (Å²) < 4.78 is 11.0. The Hall–Kier alpha value is -2.54. The number of halogens is 1. The molecular formula is C17H16BrNO5. The molecule has 126 valence electrons. The van der Waals surface area contributed by atoms with E-state index >= 15 is 0 Å². The molecule has 2 N–H and O–H groups in total. The Morgan fingerprint density at radius 1 is 1.25 bits per heavy atom. The summed E-state index contributed by atoms with van der Waals surface area (Å²) in [5.74, 6) is -0.929. The molecule has 0 bridgehead atoms. The molecule has 24 heavy (non-hydrogen) atoms. The molecule has 0 saturated heterocycles. The number of anilines is 1. The lowest BCUT2D eigenvalue weighted by Crippen LogP contribution is -2.20. The summed E-state index contributed by atoms with van der Waals surface area (Å²) >= 11 is 3.23. The molecule has 2 rings (SSSR count). The molecule has 0 unspecified atom stereocenters. The molecule has 0 spiro atoms. The summed E-state index contributed by atoms with van der Waals surface area (Å²) in [5, 5.41) is 11.8. The van der Waals surface area contributed by atoms with Crippen LogP contribution in [0.4, 0.5) is 5.69 Å². The minimum Gasteiger partial charge on any atom is -0.493 e. The maximum Gasteiger partial charge on any atom is 0.335 e. The largest absolute Gasteiger partial charge is 0.493 e. The van der Waals surface area contributed by atoms with Crippen molar-refractivity contribution in [2.24, 2.45) is 0 Å². The molecule has 0 aromatic heterocycles. The first kappa shape index (κ1) is 17.8. The van der Waals surface area contributed by atoms with Crippen LogP contribution in [0.15, 0.2) is 40.9 Å². The topological polar surface area (TPSA) is 84.9 Å². The number of aryl methyl sites for hydroxylation is 1. The molecule has 2 aromatic rings. The molecule has 0 radical (unpaired) electrons. The number of amides is 1. The fourth-order valence-corrected chi connectivity index (χ4v) is 2.60. The molecule has 0 atom stereocenters. The van der Waals surface area contributed by atoms with Crippen LogP contribution < -0.4 is 14.8 Å². The highest BCUT2D eigenvalue weighted by molar-refractivity contribution is 9.10. The fraction of sp³-hybridized carbons (Fsp3) is 0.176. The summed E-state index contributed by atoms with van der Waals surface area (Å²) in [6.07, 6.45) is 0. The van der Waals surface area contributed by atoms with Gasteiger partial charge in [0.25, 0.3) is 5.91 Å². The molecule has 0 aliphatic rings. The molecule has 0 aliphatic carbocycles. The highest BCUT2D eigenvalue weighted by Crippen LogP contribution is 2.36. The van der Waals surface area contributed by atoms with Crippen LogP contribution in [0.3, 0.4) is 0 Å². The van der Waals surface area contributed by atoms with Crippen molar-refractivity contribution in [1.82, 2.24) is 0 Å². The van der Waals surface area contributed by atoms with Crippen LogP contribution in [0.1, 0.15) is 15.9 Å². The van der Waals surface area contributed by atoms with Crippen molar-refractivity contribution in [3.63, 3.8) is 0 Å². The van der Waals surface area contributed by atoms with E-state index in [1.807, 2.05) is 25.1 Å². The van der Waals surface area contributed by atoms with Crippen molar-refractivity contribution in [3.8, 4) is 11.5 Å². The second-order valence-corrected chi connectivity index (χ2v) is 5.86. The molecule has 0 aliphatic heterocycles. The minimum absolute atomic E-state index is 0.0512. The number of carbonyl (C=O) groups excluding carboxylic acids is 1. The Labute approximate surface area is 147 Å². The Kier molecular flexibility index (Phi) is 5.81. The van der Waals surface area contributed by atoms with E-state index in [9.17, 15) is 9.59 Å². The molecule has 2 aromatic carbocycles. The number of hydrogen-bond acceptors (Lipinski definition) is 4. The standard InChI is InChI=1S/C17H16BrNO5/c1-10-4-3-5-12(6-10)19-15(20)9-24-16-13(18)7-11(17(21)22)8-14(16)23-2/h3-8H,9H2,1-2H3,(H,19,20)(H,21,22). The smallest absolute Gasteiger partial charge is 0.335 e. The highest BCUT2D eigenvalue weighted by atomic mass is 79.9. The van der Waals surface area contributed by atoms with Crippen molar-refractivity contribution in [2.45, 2.75) is 6.92 Å². The zero-order chi connectivity index (χ0) is 17.7. The Balaban J connectivity index is 2.08. The number of rotatable bonds is 6. The molecule has 0 fully saturated rings. The minimum atomic E-state index is -1.09. The van der Waals surface area contributed by atoms with E-state index in [-0.39, 0.29) is 29.6 Å². The maximum atomic E-state index is 12.0. The summed E-state index contributed by atoms with van der Waals surface area (Å²) in [7, 11) is 1.40. The molecule has 6 nitrogen and oxygen atoms in total. The molecule has 1 amide bonds. The number of aromatic carboxylic acids is 1. The van der Waals surface area contributed by atoms with Crippen LogP contribution in [0.2, 0.25) is 0 Å². The van der Waals surface area contributed by atoms with E-state index in [0.29, 0.717) is 10.2 Å². The van der Waals surface area contributed by atoms with Crippen molar-refractivity contribution in [2.75, 3.05) is 19.0 Å². The predicted octanol–water partition coefficient (Wildman–Crippen LogP) is 3.48. The highest BCUT2D eigenvalue weighted by Gasteiger charge is 2.16. The van der Waals surface area contributed by atoms with Crippen LogP contribution >= 0.6 is 15.9 Å². The van der Waals surface area contributed by atoms with E-state index in [2.05, 4.69) is 21.2 Å². The zero-order valence-electron chi connectivity index (χ0n) is 13.1. The second kappa shape index (κ2) is 7.83. The average Bonchev–Trinajstić information content (AvgIpc) is 2.52. The van der Waals surface area contributed by atoms with Gasteiger partial charge < -0.3 is 19.9 Å². The van der Waals surface area contributed by atoms with E-state index in [1.54, 1.807) is 6.07 Å². The Morgan fingerprint density at radius 3 is 2.62 bits per heavy atom. The summed E-state index contributed by atoms with van der Waals surface area (Å²) in [4.78, 5) is 23.0. The van der Waals surface area contributed by atoms with Gasteiger partial charge in [-0.25, -0.2) is 4.79 Å². The number of benzene rings is 2. The van der Waals surface area contributed by atoms with E-state index in [4.69, 9.17) is 14.6 Å². The third kappa shape index (κ3) is 4.48. The summed E-state index contributed by atoms with van der Waals surface area (Å²) in [6, 6.07) is 10.1. The van der Waals surface area contributed by atoms with Gasteiger partial charge in [0.15, 0.2) is 18.1 Å². The SMILES string of the molecule is COc1cc(C(=O)O)cc(Br)c1OCC(=O)Nc1cccc(C)c1. The number of carbonyl (C=O) groups is 2. The van der Waals surface area contributed by atoms with Gasteiger partial charge in [0.05, 0.1) is 17.1 Å². The summed E-state index contributed by atoms with van der Waals surface area (Å²) in [6.45, 7) is 1.69. The van der Waals surface area contributed by atoms with E-state index in [1.165, 1.54) is 19.2 Å². The third-order valence-corrected chi connectivity index (χ3v) is 3.71. The van der Waals surface area contributed by atoms with Crippen molar-refractivity contribution in [1.29, 1.82) is 0 Å². The van der Waals surface area contributed by atoms with Gasteiger partial charge in [-0.1, -0.05) is 12.1 Å². The summed E-state index contributed by atoms with van der Waals surface area (Å²) in [5.41, 5.74) is 1.76. The monoisotopic (exact) mass is 393 g/mol. The quantitative estimate of drug-likeness (QED) is 0.784. The molecule has 0 heterocycles. The first-order valence-corrected chi connectivity index (χ1v) is 7.80. The van der Waals surface area contributed by atoms with E-state index in [0.717, 1.165) is 5.56 Å². The van der Waals surface area contributed by atoms with Gasteiger partial charge in [-0.3, -0.25) is 4.79 Å². The fourth-order valence-electron chi connectivity index (χ4n) is 2.04. The normalized spacial score (nSPS) is 10.1. The Bertz CT molecular complexity index is 776. The van der Waals surface area contributed by atoms with Crippen LogP contribution in [0, 0.1) is 6.92 Å².